The average Bonchev–Trinajstić information content (AvgIpc) is 2.35. The summed E-state index contributed by atoms with van der Waals surface area (Å²) < 4.78 is 26.7. The van der Waals surface area contributed by atoms with E-state index in [2.05, 4.69) is 4.72 Å². The molecular weight excluding hydrogens is 264 g/mol. The molecule has 5 nitrogen and oxygen atoms in total. The van der Waals surface area contributed by atoms with E-state index in [0.29, 0.717) is 24.1 Å². The average molecular weight is 284 g/mol. The molecule has 0 aromatic heterocycles. The van der Waals surface area contributed by atoms with Crippen LogP contribution in [0.5, 0.6) is 0 Å². The predicted octanol–water partition coefficient (Wildman–Crippen LogP) is 0.992. The van der Waals surface area contributed by atoms with E-state index in [-0.39, 0.29) is 11.8 Å². The lowest BCUT2D eigenvalue weighted by molar-refractivity contribution is 0.101. The Labute approximate surface area is 113 Å². The van der Waals surface area contributed by atoms with Crippen molar-refractivity contribution < 1.29 is 13.5 Å². The van der Waals surface area contributed by atoms with E-state index in [1.165, 1.54) is 0 Å². The summed E-state index contributed by atoms with van der Waals surface area (Å²) in [5, 5.41) is 9.79. The van der Waals surface area contributed by atoms with E-state index in [0.717, 1.165) is 12.8 Å². The molecule has 2 atom stereocenters. The van der Waals surface area contributed by atoms with Crippen LogP contribution < -0.4 is 10.5 Å². The summed E-state index contributed by atoms with van der Waals surface area (Å²) in [7, 11) is -3.43. The summed E-state index contributed by atoms with van der Waals surface area (Å²) >= 11 is 0. The Bertz CT molecular complexity index is 513. The summed E-state index contributed by atoms with van der Waals surface area (Å²) in [6, 6.07) is 6.41. The fraction of sp³-hybridized carbons (Fsp3) is 0.538. The van der Waals surface area contributed by atoms with Gasteiger partial charge in [-0.05, 0) is 30.5 Å². The van der Waals surface area contributed by atoms with E-state index in [4.69, 9.17) is 5.73 Å². The summed E-state index contributed by atoms with van der Waals surface area (Å²) in [6.45, 7) is 0. The molecule has 4 N–H and O–H groups in total. The number of nitrogen functional groups attached to an aromatic ring is 1. The van der Waals surface area contributed by atoms with Gasteiger partial charge in [0.15, 0.2) is 0 Å². The maximum Gasteiger partial charge on any atom is 0.216 e. The predicted molar refractivity (Wildman–Crippen MR) is 74.9 cm³/mol. The Morgan fingerprint density at radius 3 is 2.47 bits per heavy atom. The number of rotatable bonds is 4. The minimum atomic E-state index is -3.43. The Morgan fingerprint density at radius 1 is 1.21 bits per heavy atom. The first-order chi connectivity index (χ1) is 8.96. The van der Waals surface area contributed by atoms with Gasteiger partial charge in [-0.2, -0.15) is 0 Å². The van der Waals surface area contributed by atoms with Gasteiger partial charge in [0.1, 0.15) is 0 Å². The van der Waals surface area contributed by atoms with Crippen molar-refractivity contribution in [2.24, 2.45) is 0 Å². The van der Waals surface area contributed by atoms with Gasteiger partial charge in [-0.15, -0.1) is 0 Å². The van der Waals surface area contributed by atoms with Crippen LogP contribution in [0.1, 0.15) is 31.2 Å². The molecule has 0 saturated heterocycles. The number of anilines is 1. The lowest BCUT2D eigenvalue weighted by atomic mass is 9.93. The highest BCUT2D eigenvalue weighted by atomic mass is 32.2. The van der Waals surface area contributed by atoms with Gasteiger partial charge < -0.3 is 10.8 Å². The fourth-order valence-electron chi connectivity index (χ4n) is 2.35. The molecule has 1 fully saturated rings. The van der Waals surface area contributed by atoms with Gasteiger partial charge in [-0.25, -0.2) is 13.1 Å². The van der Waals surface area contributed by atoms with Crippen LogP contribution in [-0.4, -0.2) is 25.7 Å². The lowest BCUT2D eigenvalue weighted by Gasteiger charge is -2.28. The van der Waals surface area contributed by atoms with Gasteiger partial charge in [0.2, 0.25) is 10.0 Å². The van der Waals surface area contributed by atoms with Crippen molar-refractivity contribution in [1.82, 2.24) is 4.72 Å². The van der Waals surface area contributed by atoms with E-state index in [1.54, 1.807) is 24.3 Å². The van der Waals surface area contributed by atoms with Crippen molar-refractivity contribution in [2.75, 3.05) is 5.73 Å². The van der Waals surface area contributed by atoms with Crippen molar-refractivity contribution >= 4 is 15.7 Å². The number of hydrogen-bond donors (Lipinski definition) is 3. The minimum Gasteiger partial charge on any atom is -0.399 e. The standard InChI is InChI=1S/C13H20N2O3S/c14-11-7-5-10(6-8-11)9-19(17,18)15-12-3-1-2-4-13(12)16/h5-8,12-13,15-16H,1-4,9,14H2/t12-,13-/m0/s1. The van der Waals surface area contributed by atoms with Crippen molar-refractivity contribution in [3.8, 4) is 0 Å². The number of benzene rings is 1. The number of sulfonamides is 1. The fourth-order valence-corrected chi connectivity index (χ4v) is 3.81. The smallest absolute Gasteiger partial charge is 0.216 e. The van der Waals surface area contributed by atoms with Crippen LogP contribution in [0.4, 0.5) is 5.69 Å². The molecular formula is C13H20N2O3S. The largest absolute Gasteiger partial charge is 0.399 e. The summed E-state index contributed by atoms with van der Waals surface area (Å²) in [4.78, 5) is 0. The molecule has 0 unspecified atom stereocenters. The van der Waals surface area contributed by atoms with Crippen molar-refractivity contribution in [3.63, 3.8) is 0 Å². The highest BCUT2D eigenvalue weighted by Crippen LogP contribution is 2.19. The van der Waals surface area contributed by atoms with E-state index >= 15 is 0 Å². The summed E-state index contributed by atoms with van der Waals surface area (Å²) in [5.41, 5.74) is 6.86. The molecule has 106 valence electrons. The summed E-state index contributed by atoms with van der Waals surface area (Å²) in [6.07, 6.45) is 2.69. The molecule has 0 heterocycles. The zero-order valence-electron chi connectivity index (χ0n) is 10.7. The molecule has 0 bridgehead atoms. The summed E-state index contributed by atoms with van der Waals surface area (Å²) in [5.74, 6) is -0.0868. The van der Waals surface area contributed by atoms with E-state index in [9.17, 15) is 13.5 Å². The Kier molecular flexibility index (Phi) is 4.44. The second-order valence-corrected chi connectivity index (χ2v) is 6.83. The van der Waals surface area contributed by atoms with Gasteiger partial charge in [0.25, 0.3) is 0 Å². The topological polar surface area (TPSA) is 92.4 Å². The highest BCUT2D eigenvalue weighted by molar-refractivity contribution is 7.88. The maximum atomic E-state index is 12.0. The molecule has 1 aliphatic rings. The first-order valence-corrected chi connectivity index (χ1v) is 8.14. The monoisotopic (exact) mass is 284 g/mol. The second-order valence-electron chi connectivity index (χ2n) is 5.08. The molecule has 0 radical (unpaired) electrons. The number of aliphatic hydroxyl groups excluding tert-OH is 1. The third-order valence-electron chi connectivity index (χ3n) is 3.40. The van der Waals surface area contributed by atoms with E-state index in [1.807, 2.05) is 0 Å². The van der Waals surface area contributed by atoms with Crippen LogP contribution in [0.15, 0.2) is 24.3 Å². The lowest BCUT2D eigenvalue weighted by Crippen LogP contribution is -2.45. The SMILES string of the molecule is Nc1ccc(CS(=O)(=O)N[C@H]2CCCC[C@@H]2O)cc1. The zero-order valence-corrected chi connectivity index (χ0v) is 11.6. The highest BCUT2D eigenvalue weighted by Gasteiger charge is 2.27. The Morgan fingerprint density at radius 2 is 1.84 bits per heavy atom. The van der Waals surface area contributed by atoms with Crippen LogP contribution in [0.2, 0.25) is 0 Å². The van der Waals surface area contributed by atoms with E-state index < -0.39 is 16.1 Å². The molecule has 19 heavy (non-hydrogen) atoms. The Balaban J connectivity index is 2.00. The molecule has 0 amide bonds. The van der Waals surface area contributed by atoms with Gasteiger partial charge in [0, 0.05) is 11.7 Å². The van der Waals surface area contributed by atoms with Crippen LogP contribution in [-0.2, 0) is 15.8 Å². The number of aliphatic hydroxyl groups is 1. The molecule has 2 rings (SSSR count). The molecule has 6 heteroatoms. The molecule has 0 aliphatic heterocycles. The molecule has 1 aromatic carbocycles. The normalized spacial score (nSPS) is 24.3. The Hall–Kier alpha value is -1.11. The molecule has 1 saturated carbocycles. The molecule has 1 aromatic rings. The van der Waals surface area contributed by atoms with Gasteiger partial charge >= 0.3 is 0 Å². The molecule has 1 aliphatic carbocycles. The van der Waals surface area contributed by atoms with Crippen LogP contribution in [0.25, 0.3) is 0 Å². The van der Waals surface area contributed by atoms with Crippen molar-refractivity contribution in [2.45, 2.75) is 43.6 Å². The number of nitrogens with two attached hydrogens (primary N) is 1. The van der Waals surface area contributed by atoms with Crippen LogP contribution >= 0.6 is 0 Å². The maximum absolute atomic E-state index is 12.0. The van der Waals surface area contributed by atoms with Crippen molar-refractivity contribution in [3.05, 3.63) is 29.8 Å². The van der Waals surface area contributed by atoms with Gasteiger partial charge in [-0.1, -0.05) is 25.0 Å². The minimum absolute atomic E-state index is 0.0868. The van der Waals surface area contributed by atoms with Crippen LogP contribution in [0, 0.1) is 0 Å². The zero-order chi connectivity index (χ0) is 13.9. The first kappa shape index (κ1) is 14.3. The number of nitrogens with one attached hydrogen (secondary N) is 1. The first-order valence-electron chi connectivity index (χ1n) is 6.49. The third kappa shape index (κ3) is 4.19. The van der Waals surface area contributed by atoms with Crippen molar-refractivity contribution in [1.29, 1.82) is 0 Å². The third-order valence-corrected chi connectivity index (χ3v) is 4.77. The number of hydrogen-bond acceptors (Lipinski definition) is 4. The van der Waals surface area contributed by atoms with Crippen LogP contribution in [0.3, 0.4) is 0 Å². The quantitative estimate of drug-likeness (QED) is 0.719. The van der Waals surface area contributed by atoms with Gasteiger partial charge in [0.05, 0.1) is 11.9 Å². The molecule has 0 spiro atoms. The van der Waals surface area contributed by atoms with Gasteiger partial charge in [-0.3, -0.25) is 0 Å². The second kappa shape index (κ2) is 5.90.